The monoisotopic (exact) mass is 394 g/mol. The molecule has 2 aromatic rings. The summed E-state index contributed by atoms with van der Waals surface area (Å²) in [5.41, 5.74) is 2.37. The third-order valence-electron chi connectivity index (χ3n) is 3.71. The first-order valence-electron chi connectivity index (χ1n) is 7.86. The SMILES string of the molecule is CCC(=O)Oc1cccc(CC)c1COc1cc(F)c(C)cc1Br. The van der Waals surface area contributed by atoms with Gasteiger partial charge in [-0.05, 0) is 52.5 Å². The molecular weight excluding hydrogens is 375 g/mol. The number of ether oxygens (including phenoxy) is 2. The molecule has 0 aliphatic carbocycles. The van der Waals surface area contributed by atoms with Gasteiger partial charge in [0.2, 0.25) is 0 Å². The van der Waals surface area contributed by atoms with Gasteiger partial charge in [-0.3, -0.25) is 4.79 Å². The van der Waals surface area contributed by atoms with Crippen LogP contribution in [-0.4, -0.2) is 5.97 Å². The predicted molar refractivity (Wildman–Crippen MR) is 94.9 cm³/mol. The maximum Gasteiger partial charge on any atom is 0.310 e. The molecule has 0 amide bonds. The molecule has 0 atom stereocenters. The number of benzene rings is 2. The van der Waals surface area contributed by atoms with Crippen molar-refractivity contribution in [3.63, 3.8) is 0 Å². The van der Waals surface area contributed by atoms with Crippen molar-refractivity contribution in [2.45, 2.75) is 40.2 Å². The van der Waals surface area contributed by atoms with E-state index in [0.29, 0.717) is 28.0 Å². The lowest BCUT2D eigenvalue weighted by molar-refractivity contribution is -0.134. The third kappa shape index (κ3) is 4.35. The summed E-state index contributed by atoms with van der Waals surface area (Å²) in [6.45, 7) is 5.65. The summed E-state index contributed by atoms with van der Waals surface area (Å²) < 4.78 is 25.6. The fourth-order valence-electron chi connectivity index (χ4n) is 2.29. The maximum absolute atomic E-state index is 13.8. The fourth-order valence-corrected chi connectivity index (χ4v) is 2.86. The first kappa shape index (κ1) is 18.5. The molecule has 0 heterocycles. The minimum atomic E-state index is -0.324. The Morgan fingerprint density at radius 1 is 1.21 bits per heavy atom. The van der Waals surface area contributed by atoms with Crippen LogP contribution in [0.25, 0.3) is 0 Å². The smallest absolute Gasteiger partial charge is 0.310 e. The summed E-state index contributed by atoms with van der Waals surface area (Å²) in [5.74, 6) is 0.281. The minimum absolute atomic E-state index is 0.192. The van der Waals surface area contributed by atoms with Crippen molar-refractivity contribution in [3.8, 4) is 11.5 Å². The van der Waals surface area contributed by atoms with Crippen molar-refractivity contribution >= 4 is 21.9 Å². The van der Waals surface area contributed by atoms with Gasteiger partial charge < -0.3 is 9.47 Å². The number of esters is 1. The summed E-state index contributed by atoms with van der Waals surface area (Å²) in [6.07, 6.45) is 1.07. The zero-order valence-electron chi connectivity index (χ0n) is 14.0. The van der Waals surface area contributed by atoms with Crippen molar-refractivity contribution in [3.05, 3.63) is 57.3 Å². The van der Waals surface area contributed by atoms with Gasteiger partial charge >= 0.3 is 5.97 Å². The molecule has 0 aromatic heterocycles. The third-order valence-corrected chi connectivity index (χ3v) is 4.33. The Labute approximate surface area is 149 Å². The van der Waals surface area contributed by atoms with Crippen LogP contribution >= 0.6 is 15.9 Å². The average molecular weight is 395 g/mol. The highest BCUT2D eigenvalue weighted by Gasteiger charge is 2.14. The highest BCUT2D eigenvalue weighted by atomic mass is 79.9. The Hall–Kier alpha value is -1.88. The van der Waals surface area contributed by atoms with Gasteiger partial charge in [0, 0.05) is 18.1 Å². The Kier molecular flexibility index (Phi) is 6.37. The number of hydrogen-bond donors (Lipinski definition) is 0. The van der Waals surface area contributed by atoms with E-state index in [1.165, 1.54) is 6.07 Å². The standard InChI is InChI=1S/C19H20BrFO3/c1-4-13-7-6-8-17(24-19(22)5-2)14(13)11-23-18-10-16(21)12(3)9-15(18)20/h6-10H,4-5,11H2,1-3H3. The zero-order valence-corrected chi connectivity index (χ0v) is 15.6. The first-order chi connectivity index (χ1) is 11.5. The van der Waals surface area contributed by atoms with Crippen LogP contribution in [0.3, 0.4) is 0 Å². The molecule has 0 aliphatic heterocycles. The molecule has 0 saturated heterocycles. The van der Waals surface area contributed by atoms with E-state index in [-0.39, 0.29) is 18.4 Å². The van der Waals surface area contributed by atoms with Crippen molar-refractivity contribution < 1.29 is 18.7 Å². The number of rotatable bonds is 6. The van der Waals surface area contributed by atoms with Crippen LogP contribution in [0.1, 0.15) is 37.0 Å². The molecule has 2 rings (SSSR count). The molecule has 0 spiro atoms. The van der Waals surface area contributed by atoms with Crippen LogP contribution in [0.5, 0.6) is 11.5 Å². The predicted octanol–water partition coefficient (Wildman–Crippen LogP) is 5.35. The van der Waals surface area contributed by atoms with E-state index in [0.717, 1.165) is 17.5 Å². The van der Waals surface area contributed by atoms with Crippen molar-refractivity contribution in [1.29, 1.82) is 0 Å². The average Bonchev–Trinajstić information content (AvgIpc) is 2.57. The van der Waals surface area contributed by atoms with E-state index in [4.69, 9.17) is 9.47 Å². The van der Waals surface area contributed by atoms with E-state index in [1.807, 2.05) is 19.1 Å². The highest BCUT2D eigenvalue weighted by Crippen LogP contribution is 2.31. The lowest BCUT2D eigenvalue weighted by atomic mass is 10.0. The Morgan fingerprint density at radius 2 is 1.96 bits per heavy atom. The van der Waals surface area contributed by atoms with Gasteiger partial charge in [0.1, 0.15) is 23.9 Å². The molecule has 0 saturated carbocycles. The molecule has 0 N–H and O–H groups in total. The summed E-state index contributed by atoms with van der Waals surface area (Å²) in [6, 6.07) is 8.59. The van der Waals surface area contributed by atoms with Gasteiger partial charge in [0.15, 0.2) is 0 Å². The molecule has 0 fully saturated rings. The number of halogens is 2. The Balaban J connectivity index is 2.28. The number of hydrogen-bond acceptors (Lipinski definition) is 3. The fraction of sp³-hybridized carbons (Fsp3) is 0.316. The number of carbonyl (C=O) groups excluding carboxylic acids is 1. The van der Waals surface area contributed by atoms with Crippen LogP contribution in [0.2, 0.25) is 0 Å². The molecule has 24 heavy (non-hydrogen) atoms. The summed E-state index contributed by atoms with van der Waals surface area (Å²) >= 11 is 3.38. The Morgan fingerprint density at radius 3 is 2.62 bits per heavy atom. The summed E-state index contributed by atoms with van der Waals surface area (Å²) in [5, 5.41) is 0. The molecule has 0 radical (unpaired) electrons. The van der Waals surface area contributed by atoms with Gasteiger partial charge in [-0.2, -0.15) is 0 Å². The second-order valence-corrected chi connectivity index (χ2v) is 6.25. The molecule has 3 nitrogen and oxygen atoms in total. The largest absolute Gasteiger partial charge is 0.487 e. The van der Waals surface area contributed by atoms with Gasteiger partial charge in [-0.1, -0.05) is 26.0 Å². The zero-order chi connectivity index (χ0) is 17.7. The van der Waals surface area contributed by atoms with E-state index >= 15 is 0 Å². The molecule has 0 unspecified atom stereocenters. The second-order valence-electron chi connectivity index (χ2n) is 5.40. The van der Waals surface area contributed by atoms with Crippen molar-refractivity contribution in [2.75, 3.05) is 0 Å². The van der Waals surface area contributed by atoms with E-state index in [2.05, 4.69) is 15.9 Å². The minimum Gasteiger partial charge on any atom is -0.487 e. The normalized spacial score (nSPS) is 10.5. The quantitative estimate of drug-likeness (QED) is 0.488. The molecular formula is C19H20BrFO3. The molecule has 5 heteroatoms. The van der Waals surface area contributed by atoms with Gasteiger partial charge in [-0.15, -0.1) is 0 Å². The summed E-state index contributed by atoms with van der Waals surface area (Å²) in [4.78, 5) is 11.6. The highest BCUT2D eigenvalue weighted by molar-refractivity contribution is 9.10. The van der Waals surface area contributed by atoms with Crippen LogP contribution < -0.4 is 9.47 Å². The summed E-state index contributed by atoms with van der Waals surface area (Å²) in [7, 11) is 0. The van der Waals surface area contributed by atoms with Gasteiger partial charge in [0.25, 0.3) is 0 Å². The van der Waals surface area contributed by atoms with Crippen LogP contribution in [0.4, 0.5) is 4.39 Å². The van der Waals surface area contributed by atoms with Gasteiger partial charge in [0.05, 0.1) is 4.47 Å². The molecule has 0 aliphatic rings. The molecule has 128 valence electrons. The lowest BCUT2D eigenvalue weighted by Crippen LogP contribution is -2.10. The van der Waals surface area contributed by atoms with Gasteiger partial charge in [-0.25, -0.2) is 4.39 Å². The first-order valence-corrected chi connectivity index (χ1v) is 8.65. The maximum atomic E-state index is 13.8. The molecule has 0 bridgehead atoms. The Bertz CT molecular complexity index is 744. The van der Waals surface area contributed by atoms with Crippen LogP contribution in [0, 0.1) is 12.7 Å². The van der Waals surface area contributed by atoms with Crippen LogP contribution in [0.15, 0.2) is 34.8 Å². The van der Waals surface area contributed by atoms with Crippen molar-refractivity contribution in [2.24, 2.45) is 0 Å². The van der Waals surface area contributed by atoms with Crippen LogP contribution in [-0.2, 0) is 17.8 Å². The van der Waals surface area contributed by atoms with E-state index < -0.39 is 0 Å². The lowest BCUT2D eigenvalue weighted by Gasteiger charge is -2.15. The van der Waals surface area contributed by atoms with Crippen molar-refractivity contribution in [1.82, 2.24) is 0 Å². The van der Waals surface area contributed by atoms with E-state index in [1.54, 1.807) is 26.0 Å². The second kappa shape index (κ2) is 8.29. The number of carbonyl (C=O) groups is 1. The van der Waals surface area contributed by atoms with E-state index in [9.17, 15) is 9.18 Å². The molecule has 2 aromatic carbocycles. The number of aryl methyl sites for hydroxylation is 2. The topological polar surface area (TPSA) is 35.5 Å².